The molecule has 0 aromatic heterocycles. The van der Waals surface area contributed by atoms with Gasteiger partial charge >= 0.3 is 0 Å². The van der Waals surface area contributed by atoms with Crippen molar-refractivity contribution >= 4 is 0 Å². The SMILES string of the molecule is CCC(CC)OCCC(C)(CC)C(C)(CC)OC(C)CC(C)(CC)C(CC)C(C)OCCC(O)(CC)CC. The molecule has 0 aliphatic carbocycles. The molecule has 0 aliphatic rings. The lowest BCUT2D eigenvalue weighted by Crippen LogP contribution is -2.49. The topological polar surface area (TPSA) is 47.9 Å². The number of hydrogen-bond acceptors (Lipinski definition) is 4. The quantitative estimate of drug-likeness (QED) is 0.140. The zero-order chi connectivity index (χ0) is 29.6. The largest absolute Gasteiger partial charge is 0.390 e. The van der Waals surface area contributed by atoms with Gasteiger partial charge in [0, 0.05) is 13.2 Å². The van der Waals surface area contributed by atoms with E-state index in [9.17, 15) is 5.11 Å². The molecule has 0 saturated heterocycles. The van der Waals surface area contributed by atoms with Crippen LogP contribution in [0.2, 0.25) is 0 Å². The summed E-state index contributed by atoms with van der Waals surface area (Å²) in [7, 11) is 0. The first-order chi connectivity index (χ1) is 17.7. The summed E-state index contributed by atoms with van der Waals surface area (Å²) in [6, 6.07) is 0. The van der Waals surface area contributed by atoms with Gasteiger partial charge in [-0.25, -0.2) is 0 Å². The maximum Gasteiger partial charge on any atom is 0.0709 e. The van der Waals surface area contributed by atoms with Gasteiger partial charge in [-0.15, -0.1) is 0 Å². The van der Waals surface area contributed by atoms with E-state index in [1.807, 2.05) is 0 Å². The standard InChI is InChI=1S/C34H70O4/c1-14-29(15-2)37-24-22-32(12,18-5)33(13,19-6)38-27(9)26-31(11,17-4)30(16-3)28(10)36-25-23-34(35,20-7)21-8/h27-30,35H,14-26H2,1-13H3. The first kappa shape index (κ1) is 37.8. The molecule has 0 spiro atoms. The van der Waals surface area contributed by atoms with E-state index in [0.29, 0.717) is 25.0 Å². The molecule has 0 aliphatic heterocycles. The van der Waals surface area contributed by atoms with Crippen LogP contribution < -0.4 is 0 Å². The van der Waals surface area contributed by atoms with Crippen LogP contribution in [0.1, 0.15) is 161 Å². The second kappa shape index (κ2) is 17.6. The van der Waals surface area contributed by atoms with Crippen LogP contribution in [0.5, 0.6) is 0 Å². The molecule has 230 valence electrons. The van der Waals surface area contributed by atoms with Crippen LogP contribution in [0, 0.1) is 16.7 Å². The molecule has 6 unspecified atom stereocenters. The Morgan fingerprint density at radius 3 is 1.63 bits per heavy atom. The highest BCUT2D eigenvalue weighted by molar-refractivity contribution is 4.95. The summed E-state index contributed by atoms with van der Waals surface area (Å²) < 4.78 is 19.7. The Hall–Kier alpha value is -0.160. The molecule has 4 nitrogen and oxygen atoms in total. The van der Waals surface area contributed by atoms with Crippen molar-refractivity contribution in [2.75, 3.05) is 13.2 Å². The molecule has 0 heterocycles. The van der Waals surface area contributed by atoms with Crippen molar-refractivity contribution in [2.45, 2.75) is 190 Å². The molecule has 0 fully saturated rings. The normalized spacial score (nSPS) is 20.0. The molecule has 0 saturated carbocycles. The molecule has 38 heavy (non-hydrogen) atoms. The molecule has 0 aromatic rings. The van der Waals surface area contributed by atoms with Crippen molar-refractivity contribution in [3.05, 3.63) is 0 Å². The molecular weight excluding hydrogens is 472 g/mol. The van der Waals surface area contributed by atoms with E-state index >= 15 is 0 Å². The summed E-state index contributed by atoms with van der Waals surface area (Å²) in [4.78, 5) is 0. The monoisotopic (exact) mass is 543 g/mol. The lowest BCUT2D eigenvalue weighted by atomic mass is 9.67. The minimum absolute atomic E-state index is 0.0561. The third kappa shape index (κ3) is 10.7. The van der Waals surface area contributed by atoms with Crippen molar-refractivity contribution in [1.29, 1.82) is 0 Å². The van der Waals surface area contributed by atoms with E-state index < -0.39 is 5.60 Å². The zero-order valence-electron chi connectivity index (χ0n) is 28.2. The van der Waals surface area contributed by atoms with E-state index in [0.717, 1.165) is 70.8 Å². The maximum atomic E-state index is 10.7. The van der Waals surface area contributed by atoms with Gasteiger partial charge in [-0.1, -0.05) is 82.1 Å². The number of ether oxygens (including phenoxy) is 3. The molecule has 6 atom stereocenters. The number of aliphatic hydroxyl groups is 1. The van der Waals surface area contributed by atoms with Crippen LogP contribution in [-0.2, 0) is 14.2 Å². The van der Waals surface area contributed by atoms with Crippen LogP contribution in [-0.4, -0.2) is 47.8 Å². The van der Waals surface area contributed by atoms with E-state index in [4.69, 9.17) is 14.2 Å². The summed E-state index contributed by atoms with van der Waals surface area (Å²) in [5, 5.41) is 10.7. The minimum Gasteiger partial charge on any atom is -0.390 e. The highest BCUT2D eigenvalue weighted by atomic mass is 16.5. The molecule has 0 amide bonds. The Morgan fingerprint density at radius 2 is 1.21 bits per heavy atom. The fourth-order valence-electron chi connectivity index (χ4n) is 6.69. The van der Waals surface area contributed by atoms with Gasteiger partial charge in [0.25, 0.3) is 0 Å². The van der Waals surface area contributed by atoms with Gasteiger partial charge in [0.1, 0.15) is 0 Å². The predicted molar refractivity (Wildman–Crippen MR) is 165 cm³/mol. The van der Waals surface area contributed by atoms with Crippen molar-refractivity contribution in [1.82, 2.24) is 0 Å². The summed E-state index contributed by atoms with van der Waals surface area (Å²) in [5.74, 6) is 0.439. The van der Waals surface area contributed by atoms with Crippen LogP contribution in [0.4, 0.5) is 0 Å². The third-order valence-electron chi connectivity index (χ3n) is 10.8. The average molecular weight is 543 g/mol. The first-order valence-corrected chi connectivity index (χ1v) is 16.4. The summed E-state index contributed by atoms with van der Waals surface area (Å²) in [6.45, 7) is 30.8. The van der Waals surface area contributed by atoms with Gasteiger partial charge < -0.3 is 19.3 Å². The molecular formula is C34H70O4. The van der Waals surface area contributed by atoms with Crippen LogP contribution in [0.15, 0.2) is 0 Å². The fourth-order valence-corrected chi connectivity index (χ4v) is 6.69. The summed E-state index contributed by atoms with van der Waals surface area (Å²) in [5.41, 5.74) is -0.634. The fraction of sp³-hybridized carbons (Fsp3) is 1.00. The van der Waals surface area contributed by atoms with Gasteiger partial charge in [-0.3, -0.25) is 0 Å². The van der Waals surface area contributed by atoms with Crippen LogP contribution in [0.25, 0.3) is 0 Å². The Bertz CT molecular complexity index is 601. The second-order valence-corrected chi connectivity index (χ2v) is 13.0. The lowest BCUT2D eigenvalue weighted by Gasteiger charge is -2.49. The van der Waals surface area contributed by atoms with Crippen LogP contribution in [0.3, 0.4) is 0 Å². The second-order valence-electron chi connectivity index (χ2n) is 13.0. The molecule has 0 bridgehead atoms. The maximum absolute atomic E-state index is 10.7. The van der Waals surface area contributed by atoms with Crippen molar-refractivity contribution < 1.29 is 19.3 Å². The average Bonchev–Trinajstić information content (AvgIpc) is 2.90. The summed E-state index contributed by atoms with van der Waals surface area (Å²) >= 11 is 0. The smallest absolute Gasteiger partial charge is 0.0709 e. The van der Waals surface area contributed by atoms with Gasteiger partial charge in [-0.2, -0.15) is 0 Å². The third-order valence-corrected chi connectivity index (χ3v) is 10.8. The Balaban J connectivity index is 5.47. The lowest BCUT2D eigenvalue weighted by molar-refractivity contribution is -0.172. The van der Waals surface area contributed by atoms with E-state index in [2.05, 4.69) is 90.0 Å². The van der Waals surface area contributed by atoms with E-state index in [1.165, 1.54) is 0 Å². The molecule has 4 heteroatoms. The van der Waals surface area contributed by atoms with Crippen molar-refractivity contribution in [3.8, 4) is 0 Å². The number of hydrogen-bond donors (Lipinski definition) is 1. The van der Waals surface area contributed by atoms with E-state index in [1.54, 1.807) is 0 Å². The minimum atomic E-state index is -0.604. The molecule has 0 aromatic carbocycles. The highest BCUT2D eigenvalue weighted by Gasteiger charge is 2.45. The van der Waals surface area contributed by atoms with Crippen molar-refractivity contribution in [2.24, 2.45) is 16.7 Å². The summed E-state index contributed by atoms with van der Waals surface area (Å²) in [6.07, 6.45) is 11.3. The van der Waals surface area contributed by atoms with E-state index in [-0.39, 0.29) is 28.6 Å². The highest BCUT2D eigenvalue weighted by Crippen LogP contribution is 2.47. The molecule has 0 rings (SSSR count). The Labute approximate surface area is 239 Å². The van der Waals surface area contributed by atoms with Crippen LogP contribution >= 0.6 is 0 Å². The first-order valence-electron chi connectivity index (χ1n) is 16.4. The van der Waals surface area contributed by atoms with Gasteiger partial charge in [0.2, 0.25) is 0 Å². The van der Waals surface area contributed by atoms with Crippen molar-refractivity contribution in [3.63, 3.8) is 0 Å². The Morgan fingerprint density at radius 1 is 0.658 bits per heavy atom. The predicted octanol–water partition coefficient (Wildman–Crippen LogP) is 9.75. The Kier molecular flexibility index (Phi) is 17.5. The van der Waals surface area contributed by atoms with Gasteiger partial charge in [-0.05, 0) is 95.3 Å². The zero-order valence-corrected chi connectivity index (χ0v) is 28.2. The van der Waals surface area contributed by atoms with Gasteiger partial charge in [0.15, 0.2) is 0 Å². The molecule has 0 radical (unpaired) electrons. The number of rotatable bonds is 23. The van der Waals surface area contributed by atoms with Gasteiger partial charge in [0.05, 0.1) is 29.5 Å². The molecule has 1 N–H and O–H groups in total.